The van der Waals surface area contributed by atoms with E-state index in [-0.39, 0.29) is 18.5 Å². The Morgan fingerprint density at radius 1 is 1.42 bits per heavy atom. The zero-order valence-electron chi connectivity index (χ0n) is 13.5. The molecule has 1 fully saturated rings. The van der Waals surface area contributed by atoms with E-state index >= 15 is 0 Å². The molecule has 130 valence electrons. The van der Waals surface area contributed by atoms with E-state index in [2.05, 4.69) is 15.0 Å². The largest absolute Gasteiger partial charge is 0.491 e. The number of benzene rings is 1. The highest BCUT2D eigenvalue weighted by molar-refractivity contribution is 5.22. The Balaban J connectivity index is 1.56. The fourth-order valence-electron chi connectivity index (χ4n) is 2.75. The van der Waals surface area contributed by atoms with Crippen LogP contribution in [-0.4, -0.2) is 63.8 Å². The molecule has 0 bridgehead atoms. The van der Waals surface area contributed by atoms with Gasteiger partial charge in [0.2, 0.25) is 0 Å². The SMILES string of the molecule is Cn1ncnc1C1COCCN1CC(O)COc1ccc(F)cc1. The minimum Gasteiger partial charge on any atom is -0.491 e. The zero-order valence-corrected chi connectivity index (χ0v) is 13.5. The first-order valence-corrected chi connectivity index (χ1v) is 7.85. The number of aliphatic hydroxyl groups is 1. The van der Waals surface area contributed by atoms with Crippen LogP contribution in [0.15, 0.2) is 30.6 Å². The first-order valence-electron chi connectivity index (χ1n) is 7.85. The summed E-state index contributed by atoms with van der Waals surface area (Å²) in [6.45, 7) is 2.39. The van der Waals surface area contributed by atoms with Gasteiger partial charge in [0.15, 0.2) is 0 Å². The Kier molecular flexibility index (Phi) is 5.39. The molecule has 3 rings (SSSR count). The van der Waals surface area contributed by atoms with Crippen LogP contribution >= 0.6 is 0 Å². The summed E-state index contributed by atoms with van der Waals surface area (Å²) >= 11 is 0. The predicted molar refractivity (Wildman–Crippen MR) is 84.0 cm³/mol. The number of morpholine rings is 1. The standard InChI is InChI=1S/C16H21FN4O3/c1-20-16(18-11-19-20)15-10-23-7-6-21(15)8-13(22)9-24-14-4-2-12(17)3-5-14/h2-5,11,13,15,22H,6-10H2,1H3. The number of rotatable bonds is 6. The molecule has 0 saturated carbocycles. The van der Waals surface area contributed by atoms with Gasteiger partial charge in [-0.2, -0.15) is 5.10 Å². The highest BCUT2D eigenvalue weighted by Crippen LogP contribution is 2.22. The molecule has 2 heterocycles. The van der Waals surface area contributed by atoms with E-state index in [1.807, 2.05) is 7.05 Å². The number of aryl methyl sites for hydroxylation is 1. The number of hydrogen-bond donors (Lipinski definition) is 1. The molecule has 0 radical (unpaired) electrons. The van der Waals surface area contributed by atoms with Crippen molar-refractivity contribution >= 4 is 0 Å². The molecule has 0 amide bonds. The molecular formula is C16H21FN4O3. The van der Waals surface area contributed by atoms with E-state index in [0.717, 1.165) is 5.82 Å². The molecule has 0 spiro atoms. The Labute approximate surface area is 139 Å². The Morgan fingerprint density at radius 2 is 2.21 bits per heavy atom. The first-order chi connectivity index (χ1) is 11.6. The molecule has 1 N–H and O–H groups in total. The maximum absolute atomic E-state index is 12.9. The van der Waals surface area contributed by atoms with Crippen molar-refractivity contribution in [1.29, 1.82) is 0 Å². The van der Waals surface area contributed by atoms with Gasteiger partial charge in [-0.3, -0.25) is 9.58 Å². The van der Waals surface area contributed by atoms with Crippen LogP contribution in [0.5, 0.6) is 5.75 Å². The van der Waals surface area contributed by atoms with E-state index in [9.17, 15) is 9.50 Å². The molecule has 1 aliphatic rings. The second-order valence-corrected chi connectivity index (χ2v) is 5.75. The van der Waals surface area contributed by atoms with Crippen molar-refractivity contribution in [3.05, 3.63) is 42.2 Å². The van der Waals surface area contributed by atoms with E-state index in [1.54, 1.807) is 16.8 Å². The van der Waals surface area contributed by atoms with Gasteiger partial charge < -0.3 is 14.6 Å². The summed E-state index contributed by atoms with van der Waals surface area (Å²) in [5.41, 5.74) is 0. The van der Waals surface area contributed by atoms with Gasteiger partial charge in [-0.15, -0.1) is 0 Å². The quantitative estimate of drug-likeness (QED) is 0.840. The lowest BCUT2D eigenvalue weighted by Crippen LogP contribution is -2.45. The van der Waals surface area contributed by atoms with Crippen LogP contribution < -0.4 is 4.74 Å². The van der Waals surface area contributed by atoms with Crippen LogP contribution in [0.2, 0.25) is 0 Å². The summed E-state index contributed by atoms with van der Waals surface area (Å²) in [6.07, 6.45) is 0.833. The van der Waals surface area contributed by atoms with Crippen molar-refractivity contribution in [3.8, 4) is 5.75 Å². The third-order valence-electron chi connectivity index (χ3n) is 3.99. The second-order valence-electron chi connectivity index (χ2n) is 5.75. The Bertz CT molecular complexity index is 649. The van der Waals surface area contributed by atoms with Gasteiger partial charge in [0, 0.05) is 20.1 Å². The zero-order chi connectivity index (χ0) is 16.9. The maximum Gasteiger partial charge on any atom is 0.146 e. The average Bonchev–Trinajstić information content (AvgIpc) is 3.01. The molecule has 24 heavy (non-hydrogen) atoms. The van der Waals surface area contributed by atoms with Crippen molar-refractivity contribution in [2.24, 2.45) is 7.05 Å². The number of nitrogens with zero attached hydrogens (tertiary/aromatic N) is 4. The van der Waals surface area contributed by atoms with Gasteiger partial charge in [0.05, 0.1) is 19.3 Å². The third-order valence-corrected chi connectivity index (χ3v) is 3.99. The summed E-state index contributed by atoms with van der Waals surface area (Å²) in [5.74, 6) is 1.02. The lowest BCUT2D eigenvalue weighted by molar-refractivity contribution is -0.0373. The molecule has 1 aromatic carbocycles. The minimum absolute atomic E-state index is 0.0493. The summed E-state index contributed by atoms with van der Waals surface area (Å²) in [6, 6.07) is 5.69. The fourth-order valence-corrected chi connectivity index (χ4v) is 2.75. The van der Waals surface area contributed by atoms with Crippen molar-refractivity contribution in [2.75, 3.05) is 32.9 Å². The van der Waals surface area contributed by atoms with Gasteiger partial charge in [-0.25, -0.2) is 9.37 Å². The minimum atomic E-state index is -0.677. The molecule has 2 unspecified atom stereocenters. The number of aromatic nitrogens is 3. The molecule has 1 saturated heterocycles. The van der Waals surface area contributed by atoms with Crippen LogP contribution in [-0.2, 0) is 11.8 Å². The van der Waals surface area contributed by atoms with E-state index < -0.39 is 6.10 Å². The van der Waals surface area contributed by atoms with E-state index in [0.29, 0.717) is 32.1 Å². The van der Waals surface area contributed by atoms with Gasteiger partial charge in [0.1, 0.15) is 36.4 Å². The molecule has 2 aromatic rings. The van der Waals surface area contributed by atoms with Gasteiger partial charge in [0.25, 0.3) is 0 Å². The number of ether oxygens (including phenoxy) is 2. The van der Waals surface area contributed by atoms with Crippen molar-refractivity contribution in [1.82, 2.24) is 19.7 Å². The molecule has 1 aliphatic heterocycles. The van der Waals surface area contributed by atoms with Crippen molar-refractivity contribution in [3.63, 3.8) is 0 Å². The summed E-state index contributed by atoms with van der Waals surface area (Å²) in [5, 5.41) is 14.4. The summed E-state index contributed by atoms with van der Waals surface area (Å²) in [7, 11) is 1.84. The van der Waals surface area contributed by atoms with Crippen molar-refractivity contribution < 1.29 is 19.0 Å². The summed E-state index contributed by atoms with van der Waals surface area (Å²) < 4.78 is 25.6. The molecule has 0 aliphatic carbocycles. The monoisotopic (exact) mass is 336 g/mol. The summed E-state index contributed by atoms with van der Waals surface area (Å²) in [4.78, 5) is 6.40. The maximum atomic E-state index is 12.9. The van der Waals surface area contributed by atoms with E-state index in [1.165, 1.54) is 18.5 Å². The number of aliphatic hydroxyl groups excluding tert-OH is 1. The topological polar surface area (TPSA) is 72.6 Å². The lowest BCUT2D eigenvalue weighted by Gasteiger charge is -2.35. The second kappa shape index (κ2) is 7.69. The highest BCUT2D eigenvalue weighted by atomic mass is 19.1. The van der Waals surface area contributed by atoms with E-state index in [4.69, 9.17) is 9.47 Å². The number of halogens is 1. The van der Waals surface area contributed by atoms with Gasteiger partial charge in [-0.05, 0) is 24.3 Å². The lowest BCUT2D eigenvalue weighted by atomic mass is 10.2. The first kappa shape index (κ1) is 16.8. The van der Waals surface area contributed by atoms with Gasteiger partial charge in [-0.1, -0.05) is 0 Å². The van der Waals surface area contributed by atoms with Gasteiger partial charge >= 0.3 is 0 Å². The highest BCUT2D eigenvalue weighted by Gasteiger charge is 2.29. The van der Waals surface area contributed by atoms with Crippen LogP contribution in [0, 0.1) is 5.82 Å². The normalized spacial score (nSPS) is 20.0. The Morgan fingerprint density at radius 3 is 2.92 bits per heavy atom. The average molecular weight is 336 g/mol. The fraction of sp³-hybridized carbons (Fsp3) is 0.500. The Hall–Kier alpha value is -2.03. The van der Waals surface area contributed by atoms with Crippen molar-refractivity contribution in [2.45, 2.75) is 12.1 Å². The molecular weight excluding hydrogens is 315 g/mol. The van der Waals surface area contributed by atoms with Crippen LogP contribution in [0.25, 0.3) is 0 Å². The van der Waals surface area contributed by atoms with Crippen LogP contribution in [0.3, 0.4) is 0 Å². The predicted octanol–water partition coefficient (Wildman–Crippen LogP) is 0.767. The number of hydrogen-bond acceptors (Lipinski definition) is 6. The smallest absolute Gasteiger partial charge is 0.146 e. The van der Waals surface area contributed by atoms with Crippen LogP contribution in [0.1, 0.15) is 11.9 Å². The molecule has 8 heteroatoms. The third kappa shape index (κ3) is 4.08. The van der Waals surface area contributed by atoms with Crippen LogP contribution in [0.4, 0.5) is 4.39 Å². The molecule has 1 aromatic heterocycles. The molecule has 7 nitrogen and oxygen atoms in total. The number of β-amino-alcohol motifs (C(OH)–C–C–N with tert-alkyl or cyclic N) is 1. The molecule has 2 atom stereocenters.